The Morgan fingerprint density at radius 1 is 1.20 bits per heavy atom. The molecule has 4 heteroatoms. The van der Waals surface area contributed by atoms with Gasteiger partial charge in [-0.15, -0.1) is 0 Å². The van der Waals surface area contributed by atoms with Crippen molar-refractivity contribution in [2.45, 2.75) is 31.8 Å². The molecule has 1 aromatic carbocycles. The largest absolute Gasteiger partial charge is 0.353 e. The number of amides is 2. The Labute approximate surface area is 119 Å². The normalized spacial score (nSPS) is 24.1. The molecule has 0 spiro atoms. The lowest BCUT2D eigenvalue weighted by Gasteiger charge is -2.17. The van der Waals surface area contributed by atoms with Crippen LogP contribution in [0.5, 0.6) is 0 Å². The third-order valence-electron chi connectivity index (χ3n) is 4.01. The van der Waals surface area contributed by atoms with Gasteiger partial charge in [0.05, 0.1) is 11.8 Å². The number of rotatable bonds is 5. The summed E-state index contributed by atoms with van der Waals surface area (Å²) in [5, 5.41) is 2.98. The zero-order valence-corrected chi connectivity index (χ0v) is 11.7. The zero-order valence-electron chi connectivity index (χ0n) is 11.7. The van der Waals surface area contributed by atoms with Crippen LogP contribution < -0.4 is 5.32 Å². The Morgan fingerprint density at radius 3 is 2.55 bits per heavy atom. The molecule has 2 aliphatic carbocycles. The van der Waals surface area contributed by atoms with E-state index in [1.165, 1.54) is 0 Å². The van der Waals surface area contributed by atoms with Crippen molar-refractivity contribution >= 4 is 11.8 Å². The average molecular weight is 272 g/mol. The molecule has 106 valence electrons. The van der Waals surface area contributed by atoms with Gasteiger partial charge in [-0.25, -0.2) is 0 Å². The summed E-state index contributed by atoms with van der Waals surface area (Å²) in [6, 6.07) is 10.3. The van der Waals surface area contributed by atoms with Crippen LogP contribution in [0, 0.1) is 11.8 Å². The van der Waals surface area contributed by atoms with E-state index in [-0.39, 0.29) is 23.7 Å². The minimum Gasteiger partial charge on any atom is -0.353 e. The van der Waals surface area contributed by atoms with Crippen molar-refractivity contribution < 1.29 is 9.59 Å². The maximum absolute atomic E-state index is 12.3. The van der Waals surface area contributed by atoms with Gasteiger partial charge in [0.15, 0.2) is 0 Å². The Bertz CT molecular complexity index is 510. The van der Waals surface area contributed by atoms with Gasteiger partial charge in [-0.2, -0.15) is 0 Å². The molecule has 2 aliphatic rings. The monoisotopic (exact) mass is 272 g/mol. The van der Waals surface area contributed by atoms with Crippen molar-refractivity contribution in [3.05, 3.63) is 35.9 Å². The predicted octanol–water partition coefficient (Wildman–Crippen LogP) is 1.56. The van der Waals surface area contributed by atoms with Crippen LogP contribution in [-0.2, 0) is 16.1 Å². The minimum atomic E-state index is -0.109. The molecule has 1 N–H and O–H groups in total. The van der Waals surface area contributed by atoms with Crippen LogP contribution in [0.25, 0.3) is 0 Å². The maximum atomic E-state index is 12.3. The molecule has 0 saturated heterocycles. The van der Waals surface area contributed by atoms with Crippen LogP contribution in [0.4, 0.5) is 0 Å². The van der Waals surface area contributed by atoms with Crippen LogP contribution in [0.15, 0.2) is 30.3 Å². The second-order valence-electron chi connectivity index (χ2n) is 5.91. The number of benzene rings is 1. The van der Waals surface area contributed by atoms with Crippen molar-refractivity contribution in [3.63, 3.8) is 0 Å². The summed E-state index contributed by atoms with van der Waals surface area (Å²) >= 11 is 0. The van der Waals surface area contributed by atoms with Crippen LogP contribution >= 0.6 is 0 Å². The molecule has 2 saturated carbocycles. The van der Waals surface area contributed by atoms with E-state index < -0.39 is 0 Å². The van der Waals surface area contributed by atoms with Crippen LogP contribution in [-0.4, -0.2) is 29.8 Å². The minimum absolute atomic E-state index is 0.0685. The molecular weight excluding hydrogens is 252 g/mol. The second-order valence-corrected chi connectivity index (χ2v) is 5.91. The molecule has 0 radical (unpaired) electrons. The fourth-order valence-electron chi connectivity index (χ4n) is 2.51. The Kier molecular flexibility index (Phi) is 3.47. The van der Waals surface area contributed by atoms with Crippen molar-refractivity contribution in [2.75, 3.05) is 7.05 Å². The van der Waals surface area contributed by atoms with E-state index in [1.54, 1.807) is 4.90 Å². The van der Waals surface area contributed by atoms with Crippen LogP contribution in [0.3, 0.4) is 0 Å². The van der Waals surface area contributed by atoms with Gasteiger partial charge < -0.3 is 10.2 Å². The van der Waals surface area contributed by atoms with Gasteiger partial charge in [-0.3, -0.25) is 9.59 Å². The van der Waals surface area contributed by atoms with Gasteiger partial charge in [-0.1, -0.05) is 30.3 Å². The summed E-state index contributed by atoms with van der Waals surface area (Å²) in [6.07, 6.45) is 2.88. The fourth-order valence-corrected chi connectivity index (χ4v) is 2.51. The van der Waals surface area contributed by atoms with Gasteiger partial charge in [-0.05, 0) is 24.8 Å². The van der Waals surface area contributed by atoms with E-state index in [0.29, 0.717) is 19.0 Å². The van der Waals surface area contributed by atoms with E-state index in [9.17, 15) is 9.59 Å². The van der Waals surface area contributed by atoms with E-state index in [4.69, 9.17) is 0 Å². The van der Waals surface area contributed by atoms with Crippen LogP contribution in [0.1, 0.15) is 24.8 Å². The highest BCUT2D eigenvalue weighted by Crippen LogP contribution is 2.40. The molecular formula is C16H20N2O2. The Balaban J connectivity index is 1.50. The third-order valence-corrected chi connectivity index (χ3v) is 4.01. The SMILES string of the molecule is CN(Cc1ccccc1)C(=O)C1CC1C(=O)NC1CC1. The summed E-state index contributed by atoms with van der Waals surface area (Å²) in [5.41, 5.74) is 1.11. The van der Waals surface area contributed by atoms with Gasteiger partial charge in [0.1, 0.15) is 0 Å². The highest BCUT2D eigenvalue weighted by atomic mass is 16.2. The van der Waals surface area contributed by atoms with Gasteiger partial charge >= 0.3 is 0 Å². The lowest BCUT2D eigenvalue weighted by atomic mass is 10.2. The fraction of sp³-hybridized carbons (Fsp3) is 0.500. The maximum Gasteiger partial charge on any atom is 0.226 e. The quantitative estimate of drug-likeness (QED) is 0.884. The molecule has 2 fully saturated rings. The topological polar surface area (TPSA) is 49.4 Å². The first kappa shape index (κ1) is 13.2. The summed E-state index contributed by atoms with van der Waals surface area (Å²) in [4.78, 5) is 25.9. The highest BCUT2D eigenvalue weighted by molar-refractivity contribution is 5.92. The van der Waals surface area contributed by atoms with Crippen molar-refractivity contribution in [2.24, 2.45) is 11.8 Å². The molecule has 2 amide bonds. The molecule has 0 aliphatic heterocycles. The molecule has 1 aromatic rings. The van der Waals surface area contributed by atoms with Crippen molar-refractivity contribution in [3.8, 4) is 0 Å². The van der Waals surface area contributed by atoms with Crippen molar-refractivity contribution in [1.82, 2.24) is 10.2 Å². The number of nitrogens with one attached hydrogen (secondary N) is 1. The van der Waals surface area contributed by atoms with E-state index in [0.717, 1.165) is 18.4 Å². The summed E-state index contributed by atoms with van der Waals surface area (Å²) in [7, 11) is 1.81. The second kappa shape index (κ2) is 5.27. The molecule has 2 unspecified atom stereocenters. The summed E-state index contributed by atoms with van der Waals surface area (Å²) < 4.78 is 0. The average Bonchev–Trinajstić information content (AvgIpc) is 3.33. The Hall–Kier alpha value is -1.84. The molecule has 0 aromatic heterocycles. The standard InChI is InChI=1S/C16H20N2O2/c1-18(10-11-5-3-2-4-6-11)16(20)14-9-13(14)15(19)17-12-7-8-12/h2-6,12-14H,7-10H2,1H3,(H,17,19). The number of carbonyl (C=O) groups excluding carboxylic acids is 2. The predicted molar refractivity (Wildman–Crippen MR) is 75.7 cm³/mol. The molecule has 0 bridgehead atoms. The number of hydrogen-bond donors (Lipinski definition) is 1. The van der Waals surface area contributed by atoms with Crippen molar-refractivity contribution in [1.29, 1.82) is 0 Å². The van der Waals surface area contributed by atoms with E-state index in [1.807, 2.05) is 37.4 Å². The smallest absolute Gasteiger partial charge is 0.226 e. The first-order valence-electron chi connectivity index (χ1n) is 7.24. The first-order chi connectivity index (χ1) is 9.65. The van der Waals surface area contributed by atoms with Crippen LogP contribution in [0.2, 0.25) is 0 Å². The number of hydrogen-bond acceptors (Lipinski definition) is 2. The zero-order chi connectivity index (χ0) is 14.1. The number of nitrogens with zero attached hydrogens (tertiary/aromatic N) is 1. The lowest BCUT2D eigenvalue weighted by molar-refractivity contribution is -0.134. The molecule has 20 heavy (non-hydrogen) atoms. The van der Waals surface area contributed by atoms with Gasteiger partial charge in [0.2, 0.25) is 11.8 Å². The number of carbonyl (C=O) groups is 2. The first-order valence-corrected chi connectivity index (χ1v) is 7.24. The summed E-state index contributed by atoms with van der Waals surface area (Å²) in [6.45, 7) is 0.604. The molecule has 4 nitrogen and oxygen atoms in total. The van der Waals surface area contributed by atoms with Gasteiger partial charge in [0.25, 0.3) is 0 Å². The molecule has 2 atom stereocenters. The van der Waals surface area contributed by atoms with Gasteiger partial charge in [0, 0.05) is 19.6 Å². The van der Waals surface area contributed by atoms with E-state index in [2.05, 4.69) is 5.32 Å². The molecule has 3 rings (SSSR count). The summed E-state index contributed by atoms with van der Waals surface area (Å²) in [5.74, 6) is -0.0486. The Morgan fingerprint density at radius 2 is 1.90 bits per heavy atom. The lowest BCUT2D eigenvalue weighted by Crippen LogP contribution is -2.32. The van der Waals surface area contributed by atoms with E-state index >= 15 is 0 Å². The molecule has 0 heterocycles. The third kappa shape index (κ3) is 3.00. The highest BCUT2D eigenvalue weighted by Gasteiger charge is 2.49.